The van der Waals surface area contributed by atoms with Crippen LogP contribution in [-0.2, 0) is 30.8 Å². The van der Waals surface area contributed by atoms with Crippen molar-refractivity contribution in [2.24, 2.45) is 0 Å². The minimum atomic E-state index is -3.94. The van der Waals surface area contributed by atoms with Gasteiger partial charge in [0.2, 0.25) is 10.0 Å². The maximum Gasteiger partial charge on any atom is 0.309 e. The molecule has 2 aliphatic heterocycles. The third kappa shape index (κ3) is 5.46. The summed E-state index contributed by atoms with van der Waals surface area (Å²) in [5.41, 5.74) is 0. The predicted molar refractivity (Wildman–Crippen MR) is 114 cm³/mol. The zero-order valence-corrected chi connectivity index (χ0v) is 18.6. The average Bonchev–Trinajstić information content (AvgIpc) is 3.36. The molecule has 1 fully saturated rings. The molecule has 2 amide bonds. The van der Waals surface area contributed by atoms with Crippen LogP contribution in [0.4, 0.5) is 0 Å². The number of furan rings is 1. The number of sulfonamides is 1. The Kier molecular flexibility index (Phi) is 7.16. The molecule has 0 spiro atoms. The van der Waals surface area contributed by atoms with Gasteiger partial charge in [-0.3, -0.25) is 9.59 Å². The fourth-order valence-electron chi connectivity index (χ4n) is 3.52. The van der Waals surface area contributed by atoms with Crippen molar-refractivity contribution in [3.63, 3.8) is 0 Å². The van der Waals surface area contributed by atoms with Gasteiger partial charge in [-0.25, -0.2) is 8.42 Å². The number of nitrogens with zero attached hydrogens (tertiary/aromatic N) is 1. The molecule has 33 heavy (non-hydrogen) atoms. The Bertz CT molecular complexity index is 1090. The largest absolute Gasteiger partial charge is 0.486 e. The van der Waals surface area contributed by atoms with Crippen LogP contribution in [0.2, 0.25) is 0 Å². The van der Waals surface area contributed by atoms with Crippen molar-refractivity contribution in [1.82, 2.24) is 14.9 Å². The lowest BCUT2D eigenvalue weighted by Crippen LogP contribution is -2.53. The van der Waals surface area contributed by atoms with Gasteiger partial charge in [0, 0.05) is 25.6 Å². The van der Waals surface area contributed by atoms with Crippen LogP contribution in [0.1, 0.15) is 12.2 Å². The summed E-state index contributed by atoms with van der Waals surface area (Å²) in [6, 6.07) is 7.91. The van der Waals surface area contributed by atoms with Gasteiger partial charge in [0.05, 0.1) is 24.3 Å². The Morgan fingerprint density at radius 3 is 2.61 bits per heavy atom. The summed E-state index contributed by atoms with van der Waals surface area (Å²) >= 11 is 0. The lowest BCUT2D eigenvalue weighted by Gasteiger charge is -2.34. The molecular formula is C21H25N3O8S. The second kappa shape index (κ2) is 10.2. The lowest BCUT2D eigenvalue weighted by molar-refractivity contribution is -0.140. The second-order valence-electron chi connectivity index (χ2n) is 7.40. The molecule has 0 unspecified atom stereocenters. The van der Waals surface area contributed by atoms with Gasteiger partial charge in [-0.2, -0.15) is 4.31 Å². The van der Waals surface area contributed by atoms with Crippen molar-refractivity contribution in [3.8, 4) is 11.5 Å². The zero-order valence-electron chi connectivity index (χ0n) is 17.8. The van der Waals surface area contributed by atoms with Crippen LogP contribution in [0.3, 0.4) is 0 Å². The van der Waals surface area contributed by atoms with Crippen molar-refractivity contribution in [1.29, 1.82) is 0 Å². The van der Waals surface area contributed by atoms with E-state index >= 15 is 0 Å². The summed E-state index contributed by atoms with van der Waals surface area (Å²) < 4.78 is 49.4. The molecule has 1 aromatic heterocycles. The minimum Gasteiger partial charge on any atom is -0.486 e. The van der Waals surface area contributed by atoms with Gasteiger partial charge in [0.25, 0.3) is 0 Å². The highest BCUT2D eigenvalue weighted by atomic mass is 32.2. The molecule has 1 aromatic carbocycles. The molecule has 4 rings (SSSR count). The molecule has 1 atom stereocenters. The van der Waals surface area contributed by atoms with Crippen LogP contribution in [0.25, 0.3) is 0 Å². The van der Waals surface area contributed by atoms with E-state index in [-0.39, 0.29) is 24.5 Å². The SMILES string of the molecule is O=C(NCCc1ccco1)C(=O)NC[C@@H]1OCCCN1S(=O)(=O)c1ccc2c(c1)OCCO2. The number of nitrogens with one attached hydrogen (secondary N) is 2. The van der Waals surface area contributed by atoms with E-state index in [9.17, 15) is 18.0 Å². The predicted octanol–water partition coefficient (Wildman–Crippen LogP) is 0.263. The van der Waals surface area contributed by atoms with E-state index in [0.29, 0.717) is 49.9 Å². The summed E-state index contributed by atoms with van der Waals surface area (Å²) in [5.74, 6) is -0.168. The molecule has 178 valence electrons. The topological polar surface area (TPSA) is 136 Å². The van der Waals surface area contributed by atoms with Gasteiger partial charge in [-0.15, -0.1) is 0 Å². The van der Waals surface area contributed by atoms with Gasteiger partial charge in [-0.1, -0.05) is 0 Å². The Hall–Kier alpha value is -3.09. The van der Waals surface area contributed by atoms with Crippen molar-refractivity contribution in [2.45, 2.75) is 24.0 Å². The minimum absolute atomic E-state index is 0.0317. The number of hydrogen-bond acceptors (Lipinski definition) is 8. The van der Waals surface area contributed by atoms with Crippen LogP contribution >= 0.6 is 0 Å². The number of carbonyl (C=O) groups is 2. The second-order valence-corrected chi connectivity index (χ2v) is 9.29. The first-order chi connectivity index (χ1) is 15.9. The first-order valence-electron chi connectivity index (χ1n) is 10.6. The quantitative estimate of drug-likeness (QED) is 0.540. The van der Waals surface area contributed by atoms with Crippen LogP contribution in [0.5, 0.6) is 11.5 Å². The molecule has 3 heterocycles. The fourth-order valence-corrected chi connectivity index (χ4v) is 5.10. The third-order valence-electron chi connectivity index (χ3n) is 5.16. The average molecular weight is 480 g/mol. The van der Waals surface area contributed by atoms with Crippen molar-refractivity contribution in [2.75, 3.05) is 39.5 Å². The Morgan fingerprint density at radius 1 is 1.03 bits per heavy atom. The number of amides is 2. The van der Waals surface area contributed by atoms with E-state index < -0.39 is 28.1 Å². The molecule has 0 aliphatic carbocycles. The molecule has 2 N–H and O–H groups in total. The van der Waals surface area contributed by atoms with Gasteiger partial charge >= 0.3 is 11.8 Å². The Balaban J connectivity index is 1.35. The number of benzene rings is 1. The number of fused-ring (bicyclic) bond motifs is 1. The van der Waals surface area contributed by atoms with Crippen LogP contribution in [0, 0.1) is 0 Å². The normalized spacial score (nSPS) is 18.5. The van der Waals surface area contributed by atoms with Gasteiger partial charge < -0.3 is 29.3 Å². The van der Waals surface area contributed by atoms with Crippen molar-refractivity contribution in [3.05, 3.63) is 42.4 Å². The molecular weight excluding hydrogens is 454 g/mol. The highest BCUT2D eigenvalue weighted by molar-refractivity contribution is 7.89. The summed E-state index contributed by atoms with van der Waals surface area (Å²) in [5, 5.41) is 4.94. The summed E-state index contributed by atoms with van der Waals surface area (Å²) in [6.45, 7) is 1.34. The lowest BCUT2D eigenvalue weighted by atomic mass is 10.3. The Morgan fingerprint density at radius 2 is 1.82 bits per heavy atom. The molecule has 0 saturated carbocycles. The van der Waals surface area contributed by atoms with Crippen molar-refractivity contribution < 1.29 is 36.6 Å². The van der Waals surface area contributed by atoms with E-state index in [1.807, 2.05) is 0 Å². The fraction of sp³-hybridized carbons (Fsp3) is 0.429. The monoisotopic (exact) mass is 479 g/mol. The van der Waals surface area contributed by atoms with Crippen LogP contribution in [-0.4, -0.2) is 70.2 Å². The Labute approximate surface area is 191 Å². The molecule has 2 aromatic rings. The molecule has 2 aliphatic rings. The summed E-state index contributed by atoms with van der Waals surface area (Å²) in [6.07, 6.45) is 1.52. The molecule has 1 saturated heterocycles. The molecule has 0 bridgehead atoms. The molecule has 11 nitrogen and oxygen atoms in total. The molecule has 0 radical (unpaired) electrons. The van der Waals surface area contributed by atoms with Gasteiger partial charge in [-0.05, 0) is 30.7 Å². The smallest absolute Gasteiger partial charge is 0.309 e. The van der Waals surface area contributed by atoms with Crippen LogP contribution in [0.15, 0.2) is 45.9 Å². The van der Waals surface area contributed by atoms with Crippen LogP contribution < -0.4 is 20.1 Å². The van der Waals surface area contributed by atoms with E-state index in [1.165, 1.54) is 22.7 Å². The van der Waals surface area contributed by atoms with E-state index in [4.69, 9.17) is 18.6 Å². The first-order valence-corrected chi connectivity index (χ1v) is 12.0. The summed E-state index contributed by atoms with van der Waals surface area (Å²) in [4.78, 5) is 24.2. The first kappa shape index (κ1) is 23.1. The number of carbonyl (C=O) groups excluding carboxylic acids is 2. The summed E-state index contributed by atoms with van der Waals surface area (Å²) in [7, 11) is -3.94. The molecule has 12 heteroatoms. The van der Waals surface area contributed by atoms with E-state index in [1.54, 1.807) is 18.2 Å². The third-order valence-corrected chi connectivity index (χ3v) is 7.04. The number of hydrogen-bond donors (Lipinski definition) is 2. The van der Waals surface area contributed by atoms with E-state index in [2.05, 4.69) is 10.6 Å². The number of rotatable bonds is 7. The van der Waals surface area contributed by atoms with Crippen molar-refractivity contribution >= 4 is 21.8 Å². The maximum absolute atomic E-state index is 13.3. The number of ether oxygens (including phenoxy) is 3. The maximum atomic E-state index is 13.3. The van der Waals surface area contributed by atoms with Gasteiger partial charge in [0.15, 0.2) is 11.5 Å². The van der Waals surface area contributed by atoms with Gasteiger partial charge in [0.1, 0.15) is 25.2 Å². The standard InChI is InChI=1S/C21H25N3O8S/c25-20(22-7-6-15-3-1-9-29-15)21(26)23-14-19-24(8-2-10-32-19)33(27,28)16-4-5-17-18(13-16)31-12-11-30-17/h1,3-5,9,13,19H,2,6-8,10-12,14H2,(H,22,25)(H,23,26)/t19-/m0/s1. The van der Waals surface area contributed by atoms with E-state index in [0.717, 1.165) is 0 Å². The highest BCUT2D eigenvalue weighted by Gasteiger charge is 2.35. The highest BCUT2D eigenvalue weighted by Crippen LogP contribution is 2.34. The zero-order chi connectivity index (χ0) is 23.3.